The van der Waals surface area contributed by atoms with E-state index in [9.17, 15) is 4.79 Å². The first kappa shape index (κ1) is 13.0. The third kappa shape index (κ3) is 3.77. The first-order valence-electron chi connectivity index (χ1n) is 6.28. The molecule has 1 aromatic rings. The van der Waals surface area contributed by atoms with E-state index in [0.29, 0.717) is 10.9 Å². The Bertz CT molecular complexity index is 416. The van der Waals surface area contributed by atoms with Crippen LogP contribution < -0.4 is 10.6 Å². The molecule has 1 aromatic heterocycles. The van der Waals surface area contributed by atoms with Gasteiger partial charge in [-0.3, -0.25) is 4.79 Å². The van der Waals surface area contributed by atoms with Gasteiger partial charge in [-0.15, -0.1) is 0 Å². The molecule has 0 aliphatic heterocycles. The summed E-state index contributed by atoms with van der Waals surface area (Å²) in [5.41, 5.74) is 0. The summed E-state index contributed by atoms with van der Waals surface area (Å²) in [6.45, 7) is 0. The smallest absolute Gasteiger partial charge is 0.229 e. The molecular weight excluding hydrogens is 246 g/mol. The Morgan fingerprint density at radius 3 is 2.72 bits per heavy atom. The molecule has 18 heavy (non-hydrogen) atoms. The van der Waals surface area contributed by atoms with Gasteiger partial charge in [-0.05, 0) is 37.2 Å². The molecule has 0 atom stereocenters. The number of aromatic nitrogens is 1. The number of nitrogens with zero attached hydrogens (tertiary/aromatic N) is 1. The van der Waals surface area contributed by atoms with Crippen LogP contribution in [0.1, 0.15) is 32.1 Å². The molecule has 5 heteroatoms. The highest BCUT2D eigenvalue weighted by Crippen LogP contribution is 2.23. The van der Waals surface area contributed by atoms with E-state index in [-0.39, 0.29) is 11.8 Å². The lowest BCUT2D eigenvalue weighted by Crippen LogP contribution is -2.39. The summed E-state index contributed by atoms with van der Waals surface area (Å²) in [6, 6.07) is 5.49. The van der Waals surface area contributed by atoms with Crippen LogP contribution in [0.3, 0.4) is 0 Å². The number of hydrogen-bond acceptors (Lipinski definition) is 3. The molecule has 96 valence electrons. The maximum Gasteiger partial charge on any atom is 0.229 e. The first-order chi connectivity index (χ1) is 8.75. The minimum Gasteiger partial charge on any atom is -0.317 e. The van der Waals surface area contributed by atoms with Crippen LogP contribution in [-0.4, -0.2) is 16.0 Å². The van der Waals surface area contributed by atoms with Crippen molar-refractivity contribution < 1.29 is 4.79 Å². The van der Waals surface area contributed by atoms with Crippen LogP contribution in [0.5, 0.6) is 0 Å². The fourth-order valence-corrected chi connectivity index (χ4v) is 2.37. The molecule has 0 bridgehead atoms. The summed E-state index contributed by atoms with van der Waals surface area (Å²) in [7, 11) is 0. The number of hydrogen-bond donors (Lipinski definition) is 2. The molecule has 4 nitrogen and oxygen atoms in total. The van der Waals surface area contributed by atoms with E-state index in [4.69, 9.17) is 12.2 Å². The predicted molar refractivity (Wildman–Crippen MR) is 75.2 cm³/mol. The maximum absolute atomic E-state index is 11.9. The molecule has 1 heterocycles. The maximum atomic E-state index is 11.9. The lowest BCUT2D eigenvalue weighted by molar-refractivity contribution is -0.124. The Kier molecular flexibility index (Phi) is 4.64. The van der Waals surface area contributed by atoms with Gasteiger partial charge in [-0.25, -0.2) is 4.98 Å². The van der Waals surface area contributed by atoms with Crippen molar-refractivity contribution in [3.8, 4) is 0 Å². The van der Waals surface area contributed by atoms with Crippen molar-refractivity contribution in [2.75, 3.05) is 5.32 Å². The summed E-state index contributed by atoms with van der Waals surface area (Å²) < 4.78 is 0. The molecule has 0 unspecified atom stereocenters. The Morgan fingerprint density at radius 1 is 1.28 bits per heavy atom. The lowest BCUT2D eigenvalue weighted by atomic mass is 9.89. The SMILES string of the molecule is O=C(NC(=S)Nc1ccccn1)C1CCCCC1. The quantitative estimate of drug-likeness (QED) is 0.805. The van der Waals surface area contributed by atoms with Crippen LogP contribution in [0.25, 0.3) is 0 Å². The van der Waals surface area contributed by atoms with Crippen molar-refractivity contribution >= 4 is 29.1 Å². The van der Waals surface area contributed by atoms with Crippen LogP contribution in [0.4, 0.5) is 5.82 Å². The molecule has 0 spiro atoms. The molecule has 1 aliphatic carbocycles. The van der Waals surface area contributed by atoms with E-state index < -0.39 is 0 Å². The average molecular weight is 263 g/mol. The highest BCUT2D eigenvalue weighted by atomic mass is 32.1. The minimum absolute atomic E-state index is 0.0307. The number of rotatable bonds is 2. The Morgan fingerprint density at radius 2 is 2.06 bits per heavy atom. The van der Waals surface area contributed by atoms with Crippen molar-refractivity contribution in [1.29, 1.82) is 0 Å². The zero-order chi connectivity index (χ0) is 12.8. The third-order valence-electron chi connectivity index (χ3n) is 3.12. The second kappa shape index (κ2) is 6.44. The number of carbonyl (C=O) groups excluding carboxylic acids is 1. The van der Waals surface area contributed by atoms with E-state index in [0.717, 1.165) is 25.7 Å². The van der Waals surface area contributed by atoms with E-state index >= 15 is 0 Å². The monoisotopic (exact) mass is 263 g/mol. The molecular formula is C13H17N3OS. The van der Waals surface area contributed by atoms with Gasteiger partial charge in [0.2, 0.25) is 5.91 Å². The van der Waals surface area contributed by atoms with Crippen molar-refractivity contribution in [2.45, 2.75) is 32.1 Å². The normalized spacial score (nSPS) is 16.0. The van der Waals surface area contributed by atoms with Gasteiger partial charge >= 0.3 is 0 Å². The van der Waals surface area contributed by atoms with Gasteiger partial charge in [-0.2, -0.15) is 0 Å². The second-order valence-corrected chi connectivity index (χ2v) is 4.90. The molecule has 0 aromatic carbocycles. The van der Waals surface area contributed by atoms with Crippen LogP contribution in [0, 0.1) is 5.92 Å². The van der Waals surface area contributed by atoms with Crippen LogP contribution in [0.2, 0.25) is 0 Å². The average Bonchev–Trinajstić information content (AvgIpc) is 2.40. The fraction of sp³-hybridized carbons (Fsp3) is 0.462. The highest BCUT2D eigenvalue weighted by molar-refractivity contribution is 7.80. The first-order valence-corrected chi connectivity index (χ1v) is 6.69. The standard InChI is InChI=1S/C13H17N3OS/c17-12(10-6-2-1-3-7-10)16-13(18)15-11-8-4-5-9-14-11/h4-5,8-10H,1-3,6-7H2,(H2,14,15,16,17,18). The molecule has 0 saturated heterocycles. The summed E-state index contributed by atoms with van der Waals surface area (Å²) >= 11 is 5.10. The number of thiocarbonyl (C=S) groups is 1. The van der Waals surface area contributed by atoms with E-state index in [1.54, 1.807) is 12.3 Å². The highest BCUT2D eigenvalue weighted by Gasteiger charge is 2.21. The Labute approximate surface area is 112 Å². The zero-order valence-electron chi connectivity index (χ0n) is 10.2. The van der Waals surface area contributed by atoms with Gasteiger partial charge in [0.25, 0.3) is 0 Å². The molecule has 1 fully saturated rings. The van der Waals surface area contributed by atoms with Gasteiger partial charge in [0.1, 0.15) is 5.82 Å². The molecule has 0 radical (unpaired) electrons. The minimum atomic E-state index is 0.0307. The summed E-state index contributed by atoms with van der Waals surface area (Å²) in [4.78, 5) is 16.0. The van der Waals surface area contributed by atoms with E-state index in [1.807, 2.05) is 12.1 Å². The predicted octanol–water partition coefficient (Wildman–Crippen LogP) is 2.47. The van der Waals surface area contributed by atoms with Crippen LogP contribution in [-0.2, 0) is 4.79 Å². The Hall–Kier alpha value is -1.49. The van der Waals surface area contributed by atoms with Crippen molar-refractivity contribution in [1.82, 2.24) is 10.3 Å². The van der Waals surface area contributed by atoms with Crippen molar-refractivity contribution in [2.24, 2.45) is 5.92 Å². The fourth-order valence-electron chi connectivity index (χ4n) is 2.16. The molecule has 2 rings (SSSR count). The van der Waals surface area contributed by atoms with Crippen LogP contribution >= 0.6 is 12.2 Å². The molecule has 1 amide bonds. The number of carbonyl (C=O) groups is 1. The number of anilines is 1. The number of pyridine rings is 1. The summed E-state index contributed by atoms with van der Waals surface area (Å²) in [5.74, 6) is 0.789. The van der Waals surface area contributed by atoms with E-state index in [2.05, 4.69) is 15.6 Å². The zero-order valence-corrected chi connectivity index (χ0v) is 11.0. The third-order valence-corrected chi connectivity index (χ3v) is 3.32. The van der Waals surface area contributed by atoms with Gasteiger partial charge in [0, 0.05) is 12.1 Å². The number of nitrogens with one attached hydrogen (secondary N) is 2. The molecule has 2 N–H and O–H groups in total. The molecule has 1 saturated carbocycles. The van der Waals surface area contributed by atoms with Gasteiger partial charge < -0.3 is 10.6 Å². The van der Waals surface area contributed by atoms with Gasteiger partial charge in [0.05, 0.1) is 0 Å². The van der Waals surface area contributed by atoms with Crippen molar-refractivity contribution in [3.63, 3.8) is 0 Å². The van der Waals surface area contributed by atoms with Crippen LogP contribution in [0.15, 0.2) is 24.4 Å². The molecule has 1 aliphatic rings. The summed E-state index contributed by atoms with van der Waals surface area (Å²) in [5, 5.41) is 5.96. The van der Waals surface area contributed by atoms with Gasteiger partial charge in [0.15, 0.2) is 5.11 Å². The summed E-state index contributed by atoms with van der Waals surface area (Å²) in [6.07, 6.45) is 7.13. The van der Waals surface area contributed by atoms with E-state index in [1.165, 1.54) is 6.42 Å². The topological polar surface area (TPSA) is 54.0 Å². The van der Waals surface area contributed by atoms with Crippen molar-refractivity contribution in [3.05, 3.63) is 24.4 Å². The number of amides is 1. The lowest BCUT2D eigenvalue weighted by Gasteiger charge is -2.21. The Balaban J connectivity index is 1.82. The largest absolute Gasteiger partial charge is 0.317 e. The van der Waals surface area contributed by atoms with Gasteiger partial charge in [-0.1, -0.05) is 25.3 Å². The second-order valence-electron chi connectivity index (χ2n) is 4.49.